The zero-order valence-electron chi connectivity index (χ0n) is 17.6. The van der Waals surface area contributed by atoms with E-state index in [2.05, 4.69) is 29.7 Å². The SMILES string of the molecule is C=C(C)[C@@H]1CC=C(CSC[C@H]2CO[C@](Cn3cncn3)(c3ccc(Cl)cc3Cl)O2)CC1. The van der Waals surface area contributed by atoms with Crippen LogP contribution in [0.1, 0.15) is 31.7 Å². The van der Waals surface area contributed by atoms with E-state index < -0.39 is 5.79 Å². The maximum absolute atomic E-state index is 6.52. The number of hydrogen-bond donors (Lipinski definition) is 0. The molecule has 8 heteroatoms. The van der Waals surface area contributed by atoms with Gasteiger partial charge in [-0.3, -0.25) is 0 Å². The molecule has 1 aromatic carbocycles. The van der Waals surface area contributed by atoms with Crippen molar-refractivity contribution in [1.82, 2.24) is 14.8 Å². The highest BCUT2D eigenvalue weighted by Gasteiger charge is 2.45. The number of allylic oxidation sites excluding steroid dienone is 2. The second-order valence-electron chi connectivity index (χ2n) is 8.22. The van der Waals surface area contributed by atoms with Gasteiger partial charge in [0.05, 0.1) is 17.7 Å². The van der Waals surface area contributed by atoms with Crippen molar-refractivity contribution in [3.63, 3.8) is 0 Å². The molecule has 0 saturated carbocycles. The number of aromatic nitrogens is 3. The van der Waals surface area contributed by atoms with E-state index in [-0.39, 0.29) is 6.10 Å². The molecule has 0 unspecified atom stereocenters. The van der Waals surface area contributed by atoms with Gasteiger partial charge in [-0.15, -0.1) is 0 Å². The summed E-state index contributed by atoms with van der Waals surface area (Å²) in [5.41, 5.74) is 3.57. The molecule has 0 amide bonds. The van der Waals surface area contributed by atoms with E-state index in [0.717, 1.165) is 29.9 Å². The molecule has 3 atom stereocenters. The van der Waals surface area contributed by atoms with Gasteiger partial charge in [-0.2, -0.15) is 16.9 Å². The van der Waals surface area contributed by atoms with E-state index in [9.17, 15) is 0 Å². The largest absolute Gasteiger partial charge is 0.342 e. The predicted molar refractivity (Wildman–Crippen MR) is 127 cm³/mol. The number of benzene rings is 1. The van der Waals surface area contributed by atoms with Gasteiger partial charge in [-0.25, -0.2) is 9.67 Å². The van der Waals surface area contributed by atoms with Crippen LogP contribution in [0.3, 0.4) is 0 Å². The normalized spacial score (nSPS) is 26.1. The van der Waals surface area contributed by atoms with Crippen LogP contribution in [-0.4, -0.2) is 39.0 Å². The molecule has 166 valence electrons. The average Bonchev–Trinajstić information content (AvgIpc) is 3.39. The summed E-state index contributed by atoms with van der Waals surface area (Å²) >= 11 is 14.5. The lowest BCUT2D eigenvalue weighted by Gasteiger charge is -2.29. The monoisotopic (exact) mass is 479 g/mol. The highest BCUT2D eigenvalue weighted by Crippen LogP contribution is 2.41. The predicted octanol–water partition coefficient (Wildman–Crippen LogP) is 5.89. The van der Waals surface area contributed by atoms with Gasteiger partial charge in [-0.05, 0) is 44.2 Å². The van der Waals surface area contributed by atoms with Crippen LogP contribution in [0.4, 0.5) is 0 Å². The Morgan fingerprint density at radius 1 is 1.39 bits per heavy atom. The first-order valence-electron chi connectivity index (χ1n) is 10.5. The maximum atomic E-state index is 6.52. The molecule has 5 nitrogen and oxygen atoms in total. The van der Waals surface area contributed by atoms with Crippen LogP contribution in [0.5, 0.6) is 0 Å². The Bertz CT molecular complexity index is 950. The third-order valence-corrected chi connectivity index (χ3v) is 7.56. The van der Waals surface area contributed by atoms with E-state index in [1.165, 1.54) is 23.9 Å². The smallest absolute Gasteiger partial charge is 0.217 e. The standard InChI is InChI=1S/C23H27Cl2N3O2S/c1-16(2)18-5-3-17(4-6-18)11-31-12-20-10-29-23(30-20,13-28-15-26-14-27-28)21-8-7-19(24)9-22(21)25/h3,7-9,14-15,18,20H,1,4-6,10-13H2,2H3/t18-,20-,23+/m1/s1. The van der Waals surface area contributed by atoms with Gasteiger partial charge < -0.3 is 9.47 Å². The summed E-state index contributed by atoms with van der Waals surface area (Å²) in [5, 5.41) is 5.31. The Kier molecular flexibility index (Phi) is 7.44. The summed E-state index contributed by atoms with van der Waals surface area (Å²) < 4.78 is 14.4. The minimum absolute atomic E-state index is 0.0346. The van der Waals surface area contributed by atoms with Crippen molar-refractivity contribution in [1.29, 1.82) is 0 Å². The Morgan fingerprint density at radius 3 is 2.94 bits per heavy atom. The number of ether oxygens (including phenoxy) is 2. The second kappa shape index (κ2) is 10.1. The van der Waals surface area contributed by atoms with Crippen LogP contribution in [0.2, 0.25) is 10.0 Å². The van der Waals surface area contributed by atoms with Crippen molar-refractivity contribution in [2.24, 2.45) is 5.92 Å². The van der Waals surface area contributed by atoms with Crippen molar-refractivity contribution < 1.29 is 9.47 Å². The van der Waals surface area contributed by atoms with Crippen molar-refractivity contribution in [2.45, 2.75) is 44.6 Å². The summed E-state index contributed by atoms with van der Waals surface area (Å²) in [6, 6.07) is 5.38. The van der Waals surface area contributed by atoms with Gasteiger partial charge in [0.1, 0.15) is 19.2 Å². The van der Waals surface area contributed by atoms with Crippen LogP contribution < -0.4 is 0 Å². The molecule has 1 aliphatic carbocycles. The van der Waals surface area contributed by atoms with Crippen molar-refractivity contribution >= 4 is 35.0 Å². The second-order valence-corrected chi connectivity index (χ2v) is 10.1. The number of thioether (sulfide) groups is 1. The first-order chi connectivity index (χ1) is 14.9. The quantitative estimate of drug-likeness (QED) is 0.441. The Labute approximate surface area is 197 Å². The zero-order valence-corrected chi connectivity index (χ0v) is 19.9. The van der Waals surface area contributed by atoms with Crippen molar-refractivity contribution in [2.75, 3.05) is 18.1 Å². The van der Waals surface area contributed by atoms with Gasteiger partial charge in [0, 0.05) is 22.1 Å². The van der Waals surface area contributed by atoms with Crippen LogP contribution in [-0.2, 0) is 21.8 Å². The van der Waals surface area contributed by atoms with Gasteiger partial charge in [0.25, 0.3) is 0 Å². The number of hydrogen-bond acceptors (Lipinski definition) is 5. The lowest BCUT2D eigenvalue weighted by molar-refractivity contribution is -0.186. The highest BCUT2D eigenvalue weighted by molar-refractivity contribution is 7.99. The van der Waals surface area contributed by atoms with Crippen LogP contribution in [0, 0.1) is 5.92 Å². The molecule has 0 bridgehead atoms. The Hall–Kier alpha value is -1.31. The van der Waals surface area contributed by atoms with Gasteiger partial charge in [0.2, 0.25) is 5.79 Å². The molecule has 0 spiro atoms. The van der Waals surface area contributed by atoms with Gasteiger partial charge in [-0.1, -0.05) is 53.1 Å². The van der Waals surface area contributed by atoms with Crippen LogP contribution >= 0.6 is 35.0 Å². The minimum atomic E-state index is -1.01. The van der Waals surface area contributed by atoms with Gasteiger partial charge in [0.15, 0.2) is 0 Å². The summed E-state index contributed by atoms with van der Waals surface area (Å²) in [6.45, 7) is 7.10. The molecule has 1 aromatic heterocycles. The van der Waals surface area contributed by atoms with Crippen LogP contribution in [0.25, 0.3) is 0 Å². The lowest BCUT2D eigenvalue weighted by atomic mass is 9.86. The average molecular weight is 480 g/mol. The first-order valence-corrected chi connectivity index (χ1v) is 12.4. The minimum Gasteiger partial charge on any atom is -0.342 e. The fraction of sp³-hybridized carbons (Fsp3) is 0.478. The molecule has 2 aliphatic rings. The van der Waals surface area contributed by atoms with E-state index in [1.807, 2.05) is 17.8 Å². The molecular weight excluding hydrogens is 453 g/mol. The molecule has 1 saturated heterocycles. The molecule has 4 rings (SSSR count). The molecule has 2 aromatic rings. The van der Waals surface area contributed by atoms with E-state index in [1.54, 1.807) is 23.1 Å². The topological polar surface area (TPSA) is 49.2 Å². The van der Waals surface area contributed by atoms with E-state index in [0.29, 0.717) is 29.1 Å². The molecule has 0 N–H and O–H groups in total. The fourth-order valence-electron chi connectivity index (χ4n) is 4.07. The first kappa shape index (κ1) is 22.9. The summed E-state index contributed by atoms with van der Waals surface area (Å²) in [6.07, 6.45) is 8.98. The van der Waals surface area contributed by atoms with E-state index in [4.69, 9.17) is 32.7 Å². The molecule has 1 aliphatic heterocycles. The maximum Gasteiger partial charge on any atom is 0.217 e. The third kappa shape index (κ3) is 5.55. The Balaban J connectivity index is 1.40. The highest BCUT2D eigenvalue weighted by atomic mass is 35.5. The van der Waals surface area contributed by atoms with Crippen molar-refractivity contribution in [3.05, 3.63) is 70.3 Å². The van der Waals surface area contributed by atoms with Crippen molar-refractivity contribution in [3.8, 4) is 0 Å². The van der Waals surface area contributed by atoms with Crippen LogP contribution in [0.15, 0.2) is 54.7 Å². The number of halogens is 2. The molecule has 1 fully saturated rings. The number of rotatable bonds is 8. The summed E-state index contributed by atoms with van der Waals surface area (Å²) in [4.78, 5) is 4.03. The Morgan fingerprint density at radius 2 is 2.26 bits per heavy atom. The van der Waals surface area contributed by atoms with Gasteiger partial charge >= 0.3 is 0 Å². The molecule has 2 heterocycles. The summed E-state index contributed by atoms with van der Waals surface area (Å²) in [5.74, 6) is 1.51. The number of nitrogens with zero attached hydrogens (tertiary/aromatic N) is 3. The molecule has 0 radical (unpaired) electrons. The summed E-state index contributed by atoms with van der Waals surface area (Å²) in [7, 11) is 0. The van der Waals surface area contributed by atoms with E-state index >= 15 is 0 Å². The molecule has 31 heavy (non-hydrogen) atoms. The third-order valence-electron chi connectivity index (χ3n) is 5.83. The molecular formula is C23H27Cl2N3O2S. The fourth-order valence-corrected chi connectivity index (χ4v) is 5.69. The lowest BCUT2D eigenvalue weighted by Crippen LogP contribution is -2.34. The zero-order chi connectivity index (χ0) is 21.8.